The van der Waals surface area contributed by atoms with E-state index in [-0.39, 0.29) is 29.0 Å². The monoisotopic (exact) mass is 326 g/mol. The molecule has 22 heavy (non-hydrogen) atoms. The van der Waals surface area contributed by atoms with E-state index in [2.05, 4.69) is 10.5 Å². The van der Waals surface area contributed by atoms with E-state index in [9.17, 15) is 4.79 Å². The molecular formula is C16H23ClN2O3. The highest BCUT2D eigenvalue weighted by molar-refractivity contribution is 6.29. The summed E-state index contributed by atoms with van der Waals surface area (Å²) < 4.78 is 10.8. The maximum Gasteiger partial charge on any atom is 0.229 e. The Bertz CT molecular complexity index is 532. The number of nitrogens with one attached hydrogen (secondary N) is 1. The van der Waals surface area contributed by atoms with E-state index in [1.807, 2.05) is 6.92 Å². The van der Waals surface area contributed by atoms with Crippen LogP contribution in [0.3, 0.4) is 0 Å². The summed E-state index contributed by atoms with van der Waals surface area (Å²) in [5.74, 6) is -0.0144. The number of rotatable bonds is 5. The average Bonchev–Trinajstić information content (AvgIpc) is 3.11. The van der Waals surface area contributed by atoms with Crippen LogP contribution in [0.15, 0.2) is 4.52 Å². The molecule has 0 aliphatic heterocycles. The van der Waals surface area contributed by atoms with Crippen molar-refractivity contribution in [3.8, 4) is 0 Å². The van der Waals surface area contributed by atoms with Gasteiger partial charge < -0.3 is 14.6 Å². The third kappa shape index (κ3) is 2.65. The van der Waals surface area contributed by atoms with Crippen LogP contribution in [0.1, 0.15) is 50.3 Å². The van der Waals surface area contributed by atoms with Crippen molar-refractivity contribution in [2.75, 3.05) is 6.61 Å². The van der Waals surface area contributed by atoms with Crippen molar-refractivity contribution in [3.05, 3.63) is 16.5 Å². The molecule has 0 bridgehead atoms. The van der Waals surface area contributed by atoms with E-state index in [0.717, 1.165) is 25.9 Å². The first-order valence-electron chi connectivity index (χ1n) is 8.08. The molecule has 1 aromatic rings. The van der Waals surface area contributed by atoms with Gasteiger partial charge in [-0.1, -0.05) is 18.0 Å². The number of carbonyl (C=O) groups excluding carboxylic acids is 1. The van der Waals surface area contributed by atoms with Crippen molar-refractivity contribution in [2.45, 2.75) is 64.5 Å². The van der Waals surface area contributed by atoms with Crippen LogP contribution in [0.25, 0.3) is 0 Å². The maximum absolute atomic E-state index is 12.3. The van der Waals surface area contributed by atoms with Crippen LogP contribution in [0.5, 0.6) is 0 Å². The zero-order valence-corrected chi connectivity index (χ0v) is 13.9. The minimum atomic E-state index is -0.0144. The summed E-state index contributed by atoms with van der Waals surface area (Å²) >= 11 is 5.93. The largest absolute Gasteiger partial charge is 0.378 e. The van der Waals surface area contributed by atoms with E-state index >= 15 is 0 Å². The Labute approximate surface area is 135 Å². The summed E-state index contributed by atoms with van der Waals surface area (Å²) in [7, 11) is 0. The van der Waals surface area contributed by atoms with Gasteiger partial charge in [0.2, 0.25) is 11.1 Å². The fourth-order valence-corrected chi connectivity index (χ4v) is 4.29. The second-order valence-corrected chi connectivity index (χ2v) is 6.78. The zero-order valence-electron chi connectivity index (χ0n) is 13.2. The molecule has 1 N–H and O–H groups in total. The lowest BCUT2D eigenvalue weighted by Crippen LogP contribution is -2.63. The highest BCUT2D eigenvalue weighted by atomic mass is 35.5. The van der Waals surface area contributed by atoms with Crippen LogP contribution in [0.2, 0.25) is 5.22 Å². The quantitative estimate of drug-likeness (QED) is 0.903. The third-order valence-electron chi connectivity index (χ3n) is 5.30. The predicted molar refractivity (Wildman–Crippen MR) is 82.8 cm³/mol. The Balaban J connectivity index is 1.62. The molecule has 2 aliphatic carbocycles. The number of carbonyl (C=O) groups is 1. The van der Waals surface area contributed by atoms with E-state index in [4.69, 9.17) is 20.9 Å². The second-order valence-electron chi connectivity index (χ2n) is 6.44. The molecule has 1 amide bonds. The van der Waals surface area contributed by atoms with E-state index in [1.54, 1.807) is 6.92 Å². The number of hydrogen-bond donors (Lipinski definition) is 1. The lowest BCUT2D eigenvalue weighted by Gasteiger charge is -2.54. The molecule has 2 atom stereocenters. The van der Waals surface area contributed by atoms with E-state index in [0.29, 0.717) is 17.4 Å². The second kappa shape index (κ2) is 6.20. The zero-order chi connectivity index (χ0) is 15.7. The number of amides is 1. The number of aromatic nitrogens is 1. The van der Waals surface area contributed by atoms with Gasteiger partial charge in [-0.25, -0.2) is 0 Å². The minimum absolute atomic E-state index is 0.0144. The Morgan fingerprint density at radius 2 is 2.23 bits per heavy atom. The number of hydrogen-bond acceptors (Lipinski definition) is 4. The van der Waals surface area contributed by atoms with Gasteiger partial charge in [0, 0.05) is 23.6 Å². The van der Waals surface area contributed by atoms with Gasteiger partial charge in [-0.2, -0.15) is 0 Å². The van der Waals surface area contributed by atoms with Gasteiger partial charge in [-0.3, -0.25) is 4.79 Å². The Kier molecular flexibility index (Phi) is 4.46. The predicted octanol–water partition coefficient (Wildman–Crippen LogP) is 3.03. The number of ether oxygens (including phenoxy) is 1. The molecule has 1 spiro atoms. The number of halogens is 1. The molecule has 1 heterocycles. The lowest BCUT2D eigenvalue weighted by molar-refractivity contribution is -0.143. The molecule has 2 saturated carbocycles. The van der Waals surface area contributed by atoms with E-state index in [1.165, 1.54) is 12.8 Å². The molecule has 122 valence electrons. The van der Waals surface area contributed by atoms with Crippen molar-refractivity contribution in [3.63, 3.8) is 0 Å². The van der Waals surface area contributed by atoms with Crippen molar-refractivity contribution >= 4 is 17.5 Å². The fraction of sp³-hybridized carbons (Fsp3) is 0.750. The van der Waals surface area contributed by atoms with Crippen molar-refractivity contribution in [1.29, 1.82) is 0 Å². The lowest BCUT2D eigenvalue weighted by atomic mass is 9.60. The first kappa shape index (κ1) is 15.8. The van der Waals surface area contributed by atoms with Crippen LogP contribution >= 0.6 is 11.6 Å². The molecule has 0 unspecified atom stereocenters. The smallest absolute Gasteiger partial charge is 0.229 e. The fourth-order valence-electron chi connectivity index (χ4n) is 4.05. The van der Waals surface area contributed by atoms with Gasteiger partial charge in [0.25, 0.3) is 0 Å². The Hall–Kier alpha value is -1.07. The van der Waals surface area contributed by atoms with Gasteiger partial charge in [-0.15, -0.1) is 0 Å². The highest BCUT2D eigenvalue weighted by Crippen LogP contribution is 2.54. The molecule has 3 rings (SSSR count). The van der Waals surface area contributed by atoms with Crippen LogP contribution in [0, 0.1) is 12.3 Å². The van der Waals surface area contributed by atoms with Gasteiger partial charge in [0.1, 0.15) is 0 Å². The summed E-state index contributed by atoms with van der Waals surface area (Å²) in [5, 5.41) is 7.18. The topological polar surface area (TPSA) is 64.4 Å². The summed E-state index contributed by atoms with van der Waals surface area (Å²) in [5.41, 5.74) is 1.51. The van der Waals surface area contributed by atoms with Crippen LogP contribution < -0.4 is 5.32 Å². The van der Waals surface area contributed by atoms with E-state index < -0.39 is 0 Å². The first-order valence-corrected chi connectivity index (χ1v) is 8.46. The molecular weight excluding hydrogens is 304 g/mol. The molecule has 6 heteroatoms. The summed E-state index contributed by atoms with van der Waals surface area (Å²) in [6.07, 6.45) is 6.19. The molecule has 0 saturated heterocycles. The van der Waals surface area contributed by atoms with Gasteiger partial charge >= 0.3 is 0 Å². The van der Waals surface area contributed by atoms with Gasteiger partial charge in [0.15, 0.2) is 0 Å². The Morgan fingerprint density at radius 3 is 2.82 bits per heavy atom. The molecule has 2 fully saturated rings. The average molecular weight is 327 g/mol. The normalized spacial score (nSPS) is 26.1. The van der Waals surface area contributed by atoms with Gasteiger partial charge in [-0.05, 0) is 44.7 Å². The molecule has 1 aromatic heterocycles. The number of nitrogens with zero attached hydrogens (tertiary/aromatic N) is 1. The molecule has 2 aliphatic rings. The van der Waals surface area contributed by atoms with Gasteiger partial charge in [0.05, 0.1) is 18.2 Å². The Morgan fingerprint density at radius 1 is 1.50 bits per heavy atom. The summed E-state index contributed by atoms with van der Waals surface area (Å²) in [6.45, 7) is 4.57. The molecule has 5 nitrogen and oxygen atoms in total. The molecule has 0 radical (unpaired) electrons. The third-order valence-corrected chi connectivity index (χ3v) is 5.59. The highest BCUT2D eigenvalue weighted by Gasteiger charge is 2.57. The summed E-state index contributed by atoms with van der Waals surface area (Å²) in [6, 6.07) is 0.220. The maximum atomic E-state index is 12.3. The standard InChI is InChI=1S/C16H23ClN2O3/c1-3-21-13-9-12(16(13)6-4-5-7-16)18-14(20)8-11-10(2)19-22-15(11)17/h12-13H,3-9H2,1-2H3,(H,18,20)/t12-,13+/m0/s1. The van der Waals surface area contributed by atoms with Crippen molar-refractivity contribution in [1.82, 2.24) is 10.5 Å². The minimum Gasteiger partial charge on any atom is -0.378 e. The van der Waals surface area contributed by atoms with Crippen LogP contribution in [0.4, 0.5) is 0 Å². The van der Waals surface area contributed by atoms with Crippen LogP contribution in [-0.2, 0) is 16.0 Å². The molecule has 0 aromatic carbocycles. The summed E-state index contributed by atoms with van der Waals surface area (Å²) in [4.78, 5) is 12.3. The van der Waals surface area contributed by atoms with Crippen molar-refractivity contribution in [2.24, 2.45) is 5.41 Å². The van der Waals surface area contributed by atoms with Crippen molar-refractivity contribution < 1.29 is 14.1 Å². The first-order chi connectivity index (χ1) is 10.6. The van der Waals surface area contributed by atoms with Crippen LogP contribution in [-0.4, -0.2) is 29.8 Å². The SMILES string of the molecule is CCO[C@@H]1C[C@H](NC(=O)Cc2c(C)noc2Cl)C12CCCC2. The number of aryl methyl sites for hydroxylation is 1.